The summed E-state index contributed by atoms with van der Waals surface area (Å²) in [5.74, 6) is -3.51. The van der Waals surface area contributed by atoms with E-state index in [1.54, 1.807) is 0 Å². The molecule has 0 bridgehead atoms. The predicted octanol–water partition coefficient (Wildman–Crippen LogP) is 4.65. The van der Waals surface area contributed by atoms with Crippen molar-refractivity contribution in [2.75, 3.05) is 21.3 Å². The van der Waals surface area contributed by atoms with E-state index in [-0.39, 0.29) is 18.2 Å². The summed E-state index contributed by atoms with van der Waals surface area (Å²) in [6.07, 6.45) is 15.3. The van der Waals surface area contributed by atoms with Gasteiger partial charge in [0.2, 0.25) is 0 Å². The SMILES string of the molecule is CCCCCC/C=C/C1=C(C/C=C\CCCC(=O)OC)C(=O)C[C@H]1C(C(=O)OC)C(=O)OC. The zero-order chi connectivity index (χ0) is 24.6. The molecular formula is C26H38O7. The molecule has 1 atom stereocenters. The van der Waals surface area contributed by atoms with Crippen LogP contribution in [-0.4, -0.2) is 45.0 Å². The summed E-state index contributed by atoms with van der Waals surface area (Å²) in [7, 11) is 3.81. The molecule has 184 valence electrons. The van der Waals surface area contributed by atoms with Crippen LogP contribution in [-0.2, 0) is 33.4 Å². The molecule has 1 rings (SSSR count). The molecule has 0 aromatic rings. The molecule has 0 N–H and O–H groups in total. The van der Waals surface area contributed by atoms with E-state index in [0.29, 0.717) is 36.8 Å². The van der Waals surface area contributed by atoms with Gasteiger partial charge in [0.15, 0.2) is 11.7 Å². The van der Waals surface area contributed by atoms with Crippen LogP contribution in [0.4, 0.5) is 0 Å². The second-order valence-corrected chi connectivity index (χ2v) is 8.09. The maximum atomic E-state index is 12.9. The first kappa shape index (κ1) is 28.3. The third-order valence-electron chi connectivity index (χ3n) is 5.79. The summed E-state index contributed by atoms with van der Waals surface area (Å²) >= 11 is 0. The van der Waals surface area contributed by atoms with Crippen LogP contribution in [0, 0.1) is 11.8 Å². The van der Waals surface area contributed by atoms with Gasteiger partial charge in [-0.2, -0.15) is 0 Å². The van der Waals surface area contributed by atoms with Crippen molar-refractivity contribution in [3.05, 3.63) is 35.5 Å². The average Bonchev–Trinajstić information content (AvgIpc) is 3.12. The van der Waals surface area contributed by atoms with Crippen molar-refractivity contribution < 1.29 is 33.4 Å². The molecule has 0 saturated carbocycles. The summed E-state index contributed by atoms with van der Waals surface area (Å²) in [5.41, 5.74) is 1.31. The maximum Gasteiger partial charge on any atom is 0.320 e. The van der Waals surface area contributed by atoms with Gasteiger partial charge in [-0.3, -0.25) is 19.2 Å². The fourth-order valence-electron chi connectivity index (χ4n) is 3.93. The van der Waals surface area contributed by atoms with Gasteiger partial charge in [-0.05, 0) is 37.7 Å². The Morgan fingerprint density at radius 1 is 0.909 bits per heavy atom. The number of Topliss-reactive ketones (excluding diaryl/α,β-unsaturated/α-hetero) is 1. The Morgan fingerprint density at radius 3 is 2.18 bits per heavy atom. The van der Waals surface area contributed by atoms with Crippen molar-refractivity contribution in [1.82, 2.24) is 0 Å². The number of rotatable bonds is 15. The van der Waals surface area contributed by atoms with Crippen LogP contribution < -0.4 is 0 Å². The summed E-state index contributed by atoms with van der Waals surface area (Å²) in [6, 6.07) is 0. The fourth-order valence-corrected chi connectivity index (χ4v) is 3.93. The van der Waals surface area contributed by atoms with Crippen LogP contribution in [0.15, 0.2) is 35.5 Å². The van der Waals surface area contributed by atoms with Crippen molar-refractivity contribution in [2.24, 2.45) is 11.8 Å². The number of carbonyl (C=O) groups excluding carboxylic acids is 4. The Hall–Kier alpha value is -2.70. The fraction of sp³-hybridized carbons (Fsp3) is 0.615. The Kier molecular flexibility index (Phi) is 13.7. The zero-order valence-electron chi connectivity index (χ0n) is 20.4. The molecule has 0 fully saturated rings. The Morgan fingerprint density at radius 2 is 1.58 bits per heavy atom. The molecule has 0 spiro atoms. The highest BCUT2D eigenvalue weighted by Gasteiger charge is 2.44. The van der Waals surface area contributed by atoms with Gasteiger partial charge in [0, 0.05) is 24.3 Å². The van der Waals surface area contributed by atoms with Crippen LogP contribution in [0.1, 0.15) is 71.1 Å². The van der Waals surface area contributed by atoms with Crippen molar-refractivity contribution >= 4 is 23.7 Å². The Bertz CT molecular complexity index is 745. The molecule has 0 amide bonds. The van der Waals surface area contributed by atoms with Crippen molar-refractivity contribution in [3.8, 4) is 0 Å². The minimum atomic E-state index is -1.18. The molecule has 0 aromatic heterocycles. The zero-order valence-corrected chi connectivity index (χ0v) is 20.4. The number of allylic oxidation sites excluding steroid dienone is 6. The number of ether oxygens (including phenoxy) is 3. The maximum absolute atomic E-state index is 12.9. The average molecular weight is 463 g/mol. The van der Waals surface area contributed by atoms with Crippen LogP contribution in [0.5, 0.6) is 0 Å². The monoisotopic (exact) mass is 462 g/mol. The van der Waals surface area contributed by atoms with Crippen LogP contribution >= 0.6 is 0 Å². The summed E-state index contributed by atoms with van der Waals surface area (Å²) in [6.45, 7) is 2.16. The van der Waals surface area contributed by atoms with Gasteiger partial charge in [-0.25, -0.2) is 0 Å². The summed E-state index contributed by atoms with van der Waals surface area (Å²) in [5, 5.41) is 0. The number of unbranched alkanes of at least 4 members (excludes halogenated alkanes) is 5. The van der Waals surface area contributed by atoms with E-state index < -0.39 is 23.8 Å². The van der Waals surface area contributed by atoms with Crippen LogP contribution in [0.25, 0.3) is 0 Å². The minimum Gasteiger partial charge on any atom is -0.469 e. The lowest BCUT2D eigenvalue weighted by molar-refractivity contribution is -0.160. The molecule has 0 unspecified atom stereocenters. The normalized spacial score (nSPS) is 16.3. The van der Waals surface area contributed by atoms with E-state index in [1.807, 2.05) is 24.3 Å². The molecule has 33 heavy (non-hydrogen) atoms. The molecule has 0 radical (unpaired) electrons. The van der Waals surface area contributed by atoms with E-state index in [4.69, 9.17) is 9.47 Å². The second kappa shape index (κ2) is 16.0. The Balaban J connectivity index is 3.05. The first-order valence-electron chi connectivity index (χ1n) is 11.7. The smallest absolute Gasteiger partial charge is 0.320 e. The van der Waals surface area contributed by atoms with E-state index in [9.17, 15) is 19.2 Å². The number of esters is 3. The van der Waals surface area contributed by atoms with Gasteiger partial charge in [0.25, 0.3) is 0 Å². The largest absolute Gasteiger partial charge is 0.469 e. The van der Waals surface area contributed by atoms with E-state index in [1.165, 1.54) is 27.8 Å². The predicted molar refractivity (Wildman–Crippen MR) is 125 cm³/mol. The molecule has 7 nitrogen and oxygen atoms in total. The number of carbonyl (C=O) groups is 4. The molecular weight excluding hydrogens is 424 g/mol. The summed E-state index contributed by atoms with van der Waals surface area (Å²) < 4.78 is 14.3. The van der Waals surface area contributed by atoms with E-state index >= 15 is 0 Å². The minimum absolute atomic E-state index is 0.0654. The van der Waals surface area contributed by atoms with Gasteiger partial charge in [0.05, 0.1) is 21.3 Å². The highest BCUT2D eigenvalue weighted by Crippen LogP contribution is 2.38. The first-order chi connectivity index (χ1) is 15.9. The standard InChI is InChI=1S/C26H38O7/c1-5-6-7-8-9-12-15-19-20(16-13-10-11-14-17-23(28)31-2)22(27)18-21(19)24(25(29)32-3)26(30)33-4/h10,12-13,15,21,24H,5-9,11,14,16-18H2,1-4H3/b13-10-,15-12+/t21-/m1/s1. The molecule has 1 aliphatic carbocycles. The first-order valence-corrected chi connectivity index (χ1v) is 11.7. The van der Waals surface area contributed by atoms with E-state index in [0.717, 1.165) is 25.7 Å². The van der Waals surface area contributed by atoms with Crippen molar-refractivity contribution in [2.45, 2.75) is 71.1 Å². The molecule has 0 heterocycles. The van der Waals surface area contributed by atoms with Gasteiger partial charge in [-0.15, -0.1) is 0 Å². The molecule has 0 aromatic carbocycles. The van der Waals surface area contributed by atoms with Gasteiger partial charge in [0.1, 0.15) is 0 Å². The van der Waals surface area contributed by atoms with E-state index in [2.05, 4.69) is 11.7 Å². The topological polar surface area (TPSA) is 96.0 Å². The van der Waals surface area contributed by atoms with Gasteiger partial charge >= 0.3 is 17.9 Å². The van der Waals surface area contributed by atoms with Gasteiger partial charge < -0.3 is 14.2 Å². The van der Waals surface area contributed by atoms with Crippen LogP contribution in [0.3, 0.4) is 0 Å². The van der Waals surface area contributed by atoms with Gasteiger partial charge in [-0.1, -0.05) is 50.5 Å². The Labute approximate surface area is 197 Å². The lowest BCUT2D eigenvalue weighted by atomic mass is 9.85. The number of ketones is 1. The third-order valence-corrected chi connectivity index (χ3v) is 5.79. The number of hydrogen-bond donors (Lipinski definition) is 0. The number of hydrogen-bond acceptors (Lipinski definition) is 7. The molecule has 1 aliphatic rings. The lowest BCUT2D eigenvalue weighted by Crippen LogP contribution is -2.33. The highest BCUT2D eigenvalue weighted by molar-refractivity contribution is 6.03. The van der Waals surface area contributed by atoms with Crippen LogP contribution in [0.2, 0.25) is 0 Å². The molecule has 0 aliphatic heterocycles. The van der Waals surface area contributed by atoms with Crippen molar-refractivity contribution in [1.29, 1.82) is 0 Å². The quantitative estimate of drug-likeness (QED) is 0.115. The molecule has 0 saturated heterocycles. The number of methoxy groups -OCH3 is 3. The summed E-state index contributed by atoms with van der Waals surface area (Å²) in [4.78, 5) is 48.8. The third kappa shape index (κ3) is 9.36. The highest BCUT2D eigenvalue weighted by atomic mass is 16.5. The van der Waals surface area contributed by atoms with Crippen molar-refractivity contribution in [3.63, 3.8) is 0 Å². The lowest BCUT2D eigenvalue weighted by Gasteiger charge is -2.20. The second-order valence-electron chi connectivity index (χ2n) is 8.09. The molecule has 7 heteroatoms.